The molecule has 1 aliphatic rings. The van der Waals surface area contributed by atoms with E-state index in [1.807, 2.05) is 74.5 Å². The standard InChI is InChI=1S/C36H41FN2O4/c1-24(2)33-32(35(41)38-28-13-9-6-10-14-28)31(25-11-7-5-8-12-25)34(26-15-17-27(37)18-16-26)39(33)21-19-29-23-30(20-22-40)43-36(3,4)42-29/h5-18,24,29-30,40H,19-23H2,1-4H3,(H,38,41)/t29-,30+/m0/s1. The number of anilines is 1. The van der Waals surface area contributed by atoms with E-state index in [9.17, 15) is 14.3 Å². The van der Waals surface area contributed by atoms with Crippen LogP contribution in [0.2, 0.25) is 0 Å². The molecular formula is C36H41FN2O4. The molecule has 3 aromatic carbocycles. The molecule has 5 rings (SSSR count). The lowest BCUT2D eigenvalue weighted by Gasteiger charge is -2.41. The summed E-state index contributed by atoms with van der Waals surface area (Å²) in [5.41, 5.74) is 5.65. The zero-order valence-corrected chi connectivity index (χ0v) is 25.3. The highest BCUT2D eigenvalue weighted by atomic mass is 19.1. The number of benzene rings is 3. The maximum Gasteiger partial charge on any atom is 0.258 e. The van der Waals surface area contributed by atoms with E-state index in [-0.39, 0.29) is 36.5 Å². The number of amides is 1. The highest BCUT2D eigenvalue weighted by Crippen LogP contribution is 2.43. The molecular weight excluding hydrogens is 543 g/mol. The molecule has 0 radical (unpaired) electrons. The molecule has 7 heteroatoms. The van der Waals surface area contributed by atoms with Gasteiger partial charge in [0.2, 0.25) is 0 Å². The summed E-state index contributed by atoms with van der Waals surface area (Å²) in [4.78, 5) is 14.2. The molecule has 0 unspecified atom stereocenters. The predicted octanol–water partition coefficient (Wildman–Crippen LogP) is 8.02. The van der Waals surface area contributed by atoms with Crippen LogP contribution in [0.1, 0.15) is 68.9 Å². The number of aliphatic hydroxyl groups is 1. The molecule has 1 amide bonds. The van der Waals surface area contributed by atoms with Gasteiger partial charge in [0, 0.05) is 36.5 Å². The Morgan fingerprint density at radius 3 is 2.14 bits per heavy atom. The van der Waals surface area contributed by atoms with E-state index in [1.165, 1.54) is 12.1 Å². The van der Waals surface area contributed by atoms with Crippen molar-refractivity contribution in [2.75, 3.05) is 11.9 Å². The summed E-state index contributed by atoms with van der Waals surface area (Å²) in [5.74, 6) is -1.28. The molecule has 1 aliphatic heterocycles. The quantitative estimate of drug-likeness (QED) is 0.198. The first-order valence-corrected chi connectivity index (χ1v) is 15.1. The van der Waals surface area contributed by atoms with E-state index >= 15 is 0 Å². The number of halogens is 1. The van der Waals surface area contributed by atoms with Gasteiger partial charge in [0.15, 0.2) is 5.79 Å². The third-order valence-corrected chi connectivity index (χ3v) is 7.84. The average molecular weight is 585 g/mol. The molecule has 4 aromatic rings. The minimum Gasteiger partial charge on any atom is -0.396 e. The summed E-state index contributed by atoms with van der Waals surface area (Å²) in [5, 5.41) is 12.7. The number of aromatic nitrogens is 1. The third kappa shape index (κ3) is 7.07. The second-order valence-corrected chi connectivity index (χ2v) is 11.9. The Bertz CT molecular complexity index is 1510. The number of aliphatic hydroxyl groups excluding tert-OH is 1. The molecule has 1 fully saturated rings. The molecule has 2 N–H and O–H groups in total. The SMILES string of the molecule is CC(C)c1c(C(=O)Nc2ccccc2)c(-c2ccccc2)c(-c2ccc(F)cc2)n1CC[C@H]1C[C@@H](CCO)OC(C)(C)O1. The van der Waals surface area contributed by atoms with Crippen LogP contribution in [-0.4, -0.2) is 40.2 Å². The molecule has 1 saturated heterocycles. The van der Waals surface area contributed by atoms with Gasteiger partial charge in [0.05, 0.1) is 23.5 Å². The van der Waals surface area contributed by atoms with E-state index in [2.05, 4.69) is 23.7 Å². The zero-order chi connectivity index (χ0) is 30.6. The Morgan fingerprint density at radius 1 is 0.930 bits per heavy atom. The zero-order valence-electron chi connectivity index (χ0n) is 25.3. The van der Waals surface area contributed by atoms with Gasteiger partial charge in [0.25, 0.3) is 5.91 Å². The number of ether oxygens (including phenoxy) is 2. The third-order valence-electron chi connectivity index (χ3n) is 7.84. The predicted molar refractivity (Wildman–Crippen MR) is 169 cm³/mol. The molecule has 226 valence electrons. The van der Waals surface area contributed by atoms with Crippen molar-refractivity contribution in [3.8, 4) is 22.4 Å². The largest absolute Gasteiger partial charge is 0.396 e. The van der Waals surface area contributed by atoms with Crippen LogP contribution < -0.4 is 5.32 Å². The van der Waals surface area contributed by atoms with E-state index in [0.717, 1.165) is 28.1 Å². The van der Waals surface area contributed by atoms with Crippen molar-refractivity contribution >= 4 is 11.6 Å². The first kappa shape index (κ1) is 30.7. The molecule has 43 heavy (non-hydrogen) atoms. The number of carbonyl (C=O) groups is 1. The minimum absolute atomic E-state index is 0.00219. The summed E-state index contributed by atoms with van der Waals surface area (Å²) in [6, 6.07) is 25.9. The first-order valence-electron chi connectivity index (χ1n) is 15.1. The van der Waals surface area contributed by atoms with Gasteiger partial charge in [-0.1, -0.05) is 62.4 Å². The summed E-state index contributed by atoms with van der Waals surface area (Å²) in [6.45, 7) is 8.63. The van der Waals surface area contributed by atoms with E-state index in [4.69, 9.17) is 9.47 Å². The smallest absolute Gasteiger partial charge is 0.258 e. The van der Waals surface area contributed by atoms with Crippen molar-refractivity contribution in [3.05, 3.63) is 102 Å². The number of rotatable bonds is 10. The fourth-order valence-corrected chi connectivity index (χ4v) is 6.20. The monoisotopic (exact) mass is 584 g/mol. The van der Waals surface area contributed by atoms with Gasteiger partial charge in [0.1, 0.15) is 5.82 Å². The van der Waals surface area contributed by atoms with Gasteiger partial charge < -0.3 is 24.5 Å². The van der Waals surface area contributed by atoms with E-state index in [1.54, 1.807) is 12.1 Å². The number of nitrogens with zero attached hydrogens (tertiary/aromatic N) is 1. The fraction of sp³-hybridized carbons (Fsp3) is 0.361. The lowest BCUT2D eigenvalue weighted by atomic mass is 9.94. The van der Waals surface area contributed by atoms with Crippen LogP contribution in [-0.2, 0) is 16.0 Å². The van der Waals surface area contributed by atoms with Crippen molar-refractivity contribution in [1.82, 2.24) is 4.57 Å². The normalized spacial score (nSPS) is 18.1. The van der Waals surface area contributed by atoms with Crippen LogP contribution in [0.25, 0.3) is 22.4 Å². The van der Waals surface area contributed by atoms with Crippen LogP contribution in [0.4, 0.5) is 10.1 Å². The first-order chi connectivity index (χ1) is 20.7. The van der Waals surface area contributed by atoms with Gasteiger partial charge >= 0.3 is 0 Å². The van der Waals surface area contributed by atoms with Gasteiger partial charge in [-0.2, -0.15) is 0 Å². The lowest BCUT2D eigenvalue weighted by Crippen LogP contribution is -2.45. The van der Waals surface area contributed by atoms with Crippen LogP contribution in [0.15, 0.2) is 84.9 Å². The number of para-hydroxylation sites is 1. The Balaban J connectivity index is 1.67. The van der Waals surface area contributed by atoms with Gasteiger partial charge in [-0.3, -0.25) is 4.79 Å². The lowest BCUT2D eigenvalue weighted by molar-refractivity contribution is -0.302. The summed E-state index contributed by atoms with van der Waals surface area (Å²) >= 11 is 0. The fourth-order valence-electron chi connectivity index (χ4n) is 6.20. The van der Waals surface area contributed by atoms with Gasteiger partial charge in [-0.15, -0.1) is 0 Å². The van der Waals surface area contributed by atoms with E-state index in [0.29, 0.717) is 37.1 Å². The maximum atomic E-state index is 14.2. The van der Waals surface area contributed by atoms with Crippen molar-refractivity contribution in [3.63, 3.8) is 0 Å². The van der Waals surface area contributed by atoms with Crippen molar-refractivity contribution < 1.29 is 23.8 Å². The number of carbonyl (C=O) groups excluding carboxylic acids is 1. The maximum absolute atomic E-state index is 14.2. The van der Waals surface area contributed by atoms with Crippen LogP contribution >= 0.6 is 0 Å². The number of hydrogen-bond acceptors (Lipinski definition) is 4. The Morgan fingerprint density at radius 2 is 1.53 bits per heavy atom. The molecule has 0 saturated carbocycles. The number of hydrogen-bond donors (Lipinski definition) is 2. The second-order valence-electron chi connectivity index (χ2n) is 11.9. The average Bonchev–Trinajstić information content (AvgIpc) is 3.32. The van der Waals surface area contributed by atoms with Gasteiger partial charge in [-0.05, 0) is 80.1 Å². The molecule has 0 spiro atoms. The van der Waals surface area contributed by atoms with Crippen molar-refractivity contribution in [2.24, 2.45) is 0 Å². The molecule has 6 nitrogen and oxygen atoms in total. The molecule has 0 bridgehead atoms. The Hall–Kier alpha value is -3.78. The van der Waals surface area contributed by atoms with Crippen LogP contribution in [0.5, 0.6) is 0 Å². The molecule has 0 aliphatic carbocycles. The second kappa shape index (κ2) is 13.2. The minimum atomic E-state index is -0.768. The highest BCUT2D eigenvalue weighted by molar-refractivity contribution is 6.12. The van der Waals surface area contributed by atoms with E-state index < -0.39 is 5.79 Å². The van der Waals surface area contributed by atoms with Crippen molar-refractivity contribution in [2.45, 2.75) is 77.4 Å². The van der Waals surface area contributed by atoms with Gasteiger partial charge in [-0.25, -0.2) is 4.39 Å². The summed E-state index contributed by atoms with van der Waals surface area (Å²) in [7, 11) is 0. The van der Waals surface area contributed by atoms with Crippen LogP contribution in [0, 0.1) is 5.82 Å². The Kier molecular flexibility index (Phi) is 9.45. The molecule has 2 atom stereocenters. The summed E-state index contributed by atoms with van der Waals surface area (Å²) in [6.07, 6.45) is 1.68. The molecule has 2 heterocycles. The topological polar surface area (TPSA) is 72.7 Å². The molecule has 1 aromatic heterocycles. The highest BCUT2D eigenvalue weighted by Gasteiger charge is 2.36. The van der Waals surface area contributed by atoms with Crippen molar-refractivity contribution in [1.29, 1.82) is 0 Å². The Labute approximate surface area is 253 Å². The number of nitrogens with one attached hydrogen (secondary N) is 1. The van der Waals surface area contributed by atoms with Crippen LogP contribution in [0.3, 0.4) is 0 Å². The summed E-state index contributed by atoms with van der Waals surface area (Å²) < 4.78 is 28.8.